The molecule has 0 radical (unpaired) electrons. The van der Waals surface area contributed by atoms with Crippen molar-refractivity contribution in [3.05, 3.63) is 86.5 Å². The van der Waals surface area contributed by atoms with Crippen molar-refractivity contribution >= 4 is 11.4 Å². The standard InChI is InChI=1S/C42H64N2.2C4H9.Pd/c1-7-13-17-18-19-22-26-40-39(25-16-10-4)41(37-29-33(11-5)27-35(31-37)23-20-14-8-2)44(43)42(40)38-30-34(12-6)28-36(32-38)24-21-15-9-3;2*1-3-4-2;/h27-32H,7-26H2,1-6H3;2*1,3-4H2,2H3;. The molecule has 1 aliphatic rings. The summed E-state index contributed by atoms with van der Waals surface area (Å²) >= 11 is 1.07. The van der Waals surface area contributed by atoms with E-state index in [-0.39, 0.29) is 0 Å². The van der Waals surface area contributed by atoms with Gasteiger partial charge in [-0.25, -0.2) is 4.70 Å². The van der Waals surface area contributed by atoms with Crippen molar-refractivity contribution in [2.75, 3.05) is 0 Å². The first-order chi connectivity index (χ1) is 25.9. The Morgan fingerprint density at radius 1 is 0.396 bits per heavy atom. The minimum atomic E-state index is 1.02. The fourth-order valence-electron chi connectivity index (χ4n) is 7.34. The van der Waals surface area contributed by atoms with Gasteiger partial charge in [-0.1, -0.05) is 118 Å². The number of rotatable bonds is 28. The molecule has 2 aromatic carbocycles. The van der Waals surface area contributed by atoms with E-state index >= 15 is 0 Å². The van der Waals surface area contributed by atoms with Crippen LogP contribution >= 0.6 is 0 Å². The molecule has 0 aromatic heterocycles. The summed E-state index contributed by atoms with van der Waals surface area (Å²) in [7, 11) is 0. The van der Waals surface area contributed by atoms with Crippen LogP contribution in [0.1, 0.15) is 217 Å². The van der Waals surface area contributed by atoms with Crippen LogP contribution in [0.2, 0.25) is 9.79 Å². The van der Waals surface area contributed by atoms with Gasteiger partial charge in [0.15, 0.2) is 0 Å². The Morgan fingerprint density at radius 2 is 0.755 bits per heavy atom. The maximum atomic E-state index is 12.3. The SMILES string of the molecule is CCCCCCCCC1=C(c2cc(CC)cc(CCCCC)c2)[N+](=[N-])C(c2cc(CC)cc(CCCCC)c2)=C1CCCC.CCC[CH2][Pd][CH2]CCC. The fourth-order valence-corrected chi connectivity index (χ4v) is 9.60. The van der Waals surface area contributed by atoms with E-state index in [1.54, 1.807) is 4.70 Å². The van der Waals surface area contributed by atoms with Crippen molar-refractivity contribution in [1.29, 1.82) is 0 Å². The summed E-state index contributed by atoms with van der Waals surface area (Å²) in [5, 5.41) is 0. The van der Waals surface area contributed by atoms with E-state index in [1.165, 1.54) is 157 Å². The van der Waals surface area contributed by atoms with Crippen molar-refractivity contribution in [1.82, 2.24) is 0 Å². The third-order valence-corrected chi connectivity index (χ3v) is 12.9. The summed E-state index contributed by atoms with van der Waals surface area (Å²) in [6.45, 7) is 18.2. The first kappa shape index (κ1) is 47.3. The second-order valence-corrected chi connectivity index (χ2v) is 17.8. The van der Waals surface area contributed by atoms with Crippen LogP contribution in [-0.4, -0.2) is 4.70 Å². The van der Waals surface area contributed by atoms with Crippen LogP contribution in [0.25, 0.3) is 16.9 Å². The quantitative estimate of drug-likeness (QED) is 0.0464. The molecule has 0 fully saturated rings. The van der Waals surface area contributed by atoms with E-state index in [0.717, 1.165) is 80.7 Å². The zero-order valence-electron chi connectivity index (χ0n) is 36.1. The Morgan fingerprint density at radius 3 is 1.19 bits per heavy atom. The average Bonchev–Trinajstić information content (AvgIpc) is 3.45. The van der Waals surface area contributed by atoms with Crippen molar-refractivity contribution in [2.45, 2.75) is 219 Å². The molecule has 0 saturated carbocycles. The molecule has 302 valence electrons. The number of hydrogen-bond donors (Lipinski definition) is 0. The Labute approximate surface area is 338 Å². The van der Waals surface area contributed by atoms with Crippen LogP contribution in [0.4, 0.5) is 0 Å². The summed E-state index contributed by atoms with van der Waals surface area (Å²) in [6.07, 6.45) is 29.5. The predicted molar refractivity (Wildman–Crippen MR) is 233 cm³/mol. The van der Waals surface area contributed by atoms with Gasteiger partial charge < -0.3 is 5.53 Å². The summed E-state index contributed by atoms with van der Waals surface area (Å²) in [4.78, 5) is 3.01. The van der Waals surface area contributed by atoms with Gasteiger partial charge in [-0.2, -0.15) is 0 Å². The van der Waals surface area contributed by atoms with Crippen LogP contribution < -0.4 is 0 Å². The van der Waals surface area contributed by atoms with Gasteiger partial charge in [-0.3, -0.25) is 0 Å². The molecule has 53 heavy (non-hydrogen) atoms. The Bertz CT molecular complexity index is 1360. The average molecular weight is 818 g/mol. The molecular formula is C50H82N2Pd. The number of allylic oxidation sites excluding steroid dienone is 2. The number of hydrogen-bond acceptors (Lipinski definition) is 0. The molecule has 0 N–H and O–H groups in total. The van der Waals surface area contributed by atoms with Gasteiger partial charge >= 0.3 is 67.3 Å². The second-order valence-electron chi connectivity index (χ2n) is 15.5. The first-order valence-electron chi connectivity index (χ1n) is 22.6. The van der Waals surface area contributed by atoms with E-state index in [9.17, 15) is 5.53 Å². The molecule has 0 bridgehead atoms. The van der Waals surface area contributed by atoms with E-state index in [4.69, 9.17) is 0 Å². The maximum absolute atomic E-state index is 12.3. The molecule has 2 nitrogen and oxygen atoms in total. The van der Waals surface area contributed by atoms with E-state index in [1.807, 2.05) is 0 Å². The van der Waals surface area contributed by atoms with Gasteiger partial charge in [-0.05, 0) is 111 Å². The van der Waals surface area contributed by atoms with Crippen molar-refractivity contribution in [3.63, 3.8) is 0 Å². The summed E-state index contributed by atoms with van der Waals surface area (Å²) in [6, 6.07) is 14.3. The molecule has 1 heterocycles. The van der Waals surface area contributed by atoms with Crippen molar-refractivity contribution in [3.8, 4) is 0 Å². The number of aryl methyl sites for hydroxylation is 4. The van der Waals surface area contributed by atoms with Crippen LogP contribution in [0.5, 0.6) is 0 Å². The molecule has 0 atom stereocenters. The van der Waals surface area contributed by atoms with Crippen LogP contribution in [0.3, 0.4) is 0 Å². The van der Waals surface area contributed by atoms with E-state index in [2.05, 4.69) is 91.8 Å². The monoisotopic (exact) mass is 817 g/mol. The van der Waals surface area contributed by atoms with Crippen LogP contribution in [-0.2, 0) is 43.7 Å². The molecule has 0 unspecified atom stereocenters. The number of nitrogens with zero attached hydrogens (tertiary/aromatic N) is 2. The van der Waals surface area contributed by atoms with Crippen molar-refractivity contribution < 1.29 is 22.7 Å². The zero-order valence-corrected chi connectivity index (χ0v) is 37.6. The summed E-state index contributed by atoms with van der Waals surface area (Å²) < 4.78 is 1.63. The molecule has 3 rings (SSSR count). The van der Waals surface area contributed by atoms with Gasteiger partial charge in [0.05, 0.1) is 0 Å². The molecule has 1 aliphatic heterocycles. The summed E-state index contributed by atoms with van der Waals surface area (Å²) in [5.41, 5.74) is 25.2. The Kier molecular flexibility index (Phi) is 26.3. The predicted octanol–water partition coefficient (Wildman–Crippen LogP) is 16.9. The molecule has 3 heteroatoms. The normalized spacial score (nSPS) is 13.0. The molecule has 0 amide bonds. The zero-order chi connectivity index (χ0) is 38.7. The third-order valence-electron chi connectivity index (χ3n) is 10.7. The first-order valence-corrected chi connectivity index (χ1v) is 24.8. The van der Waals surface area contributed by atoms with Gasteiger partial charge in [0.2, 0.25) is 11.4 Å². The van der Waals surface area contributed by atoms with Gasteiger partial charge in [-0.15, -0.1) is 0 Å². The second kappa shape index (κ2) is 29.5. The van der Waals surface area contributed by atoms with E-state index in [0.29, 0.717) is 0 Å². The molecule has 0 saturated heterocycles. The number of unbranched alkanes of at least 4 members (excludes halogenated alkanes) is 12. The number of benzene rings is 2. The van der Waals surface area contributed by atoms with Gasteiger partial charge in [0.25, 0.3) is 0 Å². The van der Waals surface area contributed by atoms with Gasteiger partial charge in [0, 0.05) is 22.3 Å². The fraction of sp³-hybridized carbons (Fsp3) is 0.680. The molecule has 2 aromatic rings. The summed E-state index contributed by atoms with van der Waals surface area (Å²) in [5.74, 6) is 0. The third kappa shape index (κ3) is 17.2. The topological polar surface area (TPSA) is 25.3 Å². The minimum absolute atomic E-state index is 1.02. The Balaban J connectivity index is 0.000000953. The van der Waals surface area contributed by atoms with Crippen molar-refractivity contribution in [2.24, 2.45) is 0 Å². The molecule has 0 spiro atoms. The van der Waals surface area contributed by atoms with Gasteiger partial charge in [0.1, 0.15) is 0 Å². The Hall–Kier alpha value is -1.82. The molecule has 0 aliphatic carbocycles. The van der Waals surface area contributed by atoms with E-state index < -0.39 is 0 Å². The van der Waals surface area contributed by atoms with Crippen LogP contribution in [0, 0.1) is 0 Å². The van der Waals surface area contributed by atoms with Crippen LogP contribution in [0.15, 0.2) is 47.5 Å². The molecular weight excluding hydrogens is 735 g/mol.